The highest BCUT2D eigenvalue weighted by Gasteiger charge is 2.16. The number of aromatic hydroxyl groups is 1. The van der Waals surface area contributed by atoms with Gasteiger partial charge in [-0.25, -0.2) is 4.98 Å². The molecule has 0 aliphatic heterocycles. The van der Waals surface area contributed by atoms with Crippen LogP contribution in [0.5, 0.6) is 5.75 Å². The highest BCUT2D eigenvalue weighted by atomic mass is 32.2. The third kappa shape index (κ3) is 2.90. The molecule has 0 unspecified atom stereocenters. The number of benzene rings is 2. The summed E-state index contributed by atoms with van der Waals surface area (Å²) in [6.45, 7) is 0. The number of nitriles is 1. The molecule has 0 saturated carbocycles. The Labute approximate surface area is 142 Å². The van der Waals surface area contributed by atoms with E-state index in [4.69, 9.17) is 0 Å². The van der Waals surface area contributed by atoms with Gasteiger partial charge in [0.2, 0.25) is 0 Å². The summed E-state index contributed by atoms with van der Waals surface area (Å²) >= 11 is 1.31. The maximum Gasteiger partial charge on any atom is 0.270 e. The Balaban J connectivity index is 2.29. The topological polar surface area (TPSA) is 89.8 Å². The van der Waals surface area contributed by atoms with Gasteiger partial charge in [0.25, 0.3) is 5.56 Å². The van der Waals surface area contributed by atoms with Gasteiger partial charge in [0.05, 0.1) is 5.69 Å². The molecule has 3 aromatic rings. The molecule has 0 atom stereocenters. The van der Waals surface area contributed by atoms with Crippen LogP contribution in [0.15, 0.2) is 58.5 Å². The number of phenolic OH excluding ortho intramolecular Hbond substituents is 1. The lowest BCUT2D eigenvalue weighted by Crippen LogP contribution is -2.14. The molecule has 0 radical (unpaired) electrons. The average Bonchev–Trinajstić information content (AvgIpc) is 2.61. The fourth-order valence-electron chi connectivity index (χ4n) is 2.43. The number of nitrogens with zero attached hydrogens (tertiary/aromatic N) is 2. The summed E-state index contributed by atoms with van der Waals surface area (Å²) in [4.78, 5) is 19.2. The number of phenols is 1. The van der Waals surface area contributed by atoms with Crippen molar-refractivity contribution in [3.8, 4) is 34.2 Å². The van der Waals surface area contributed by atoms with E-state index in [-0.39, 0.29) is 11.3 Å². The first-order chi connectivity index (χ1) is 11.6. The Morgan fingerprint density at radius 2 is 1.79 bits per heavy atom. The summed E-state index contributed by atoms with van der Waals surface area (Å²) < 4.78 is 0. The van der Waals surface area contributed by atoms with Crippen molar-refractivity contribution >= 4 is 11.8 Å². The third-order valence-electron chi connectivity index (χ3n) is 3.56. The van der Waals surface area contributed by atoms with Crippen LogP contribution in [-0.2, 0) is 0 Å². The van der Waals surface area contributed by atoms with Crippen molar-refractivity contribution in [2.75, 3.05) is 6.26 Å². The van der Waals surface area contributed by atoms with Gasteiger partial charge in [-0.3, -0.25) is 4.79 Å². The van der Waals surface area contributed by atoms with Crippen molar-refractivity contribution in [1.82, 2.24) is 9.97 Å². The molecule has 0 aliphatic carbocycles. The first-order valence-corrected chi connectivity index (χ1v) is 8.33. The largest absolute Gasteiger partial charge is 0.508 e. The number of aromatic nitrogens is 2. The molecule has 0 bridgehead atoms. The smallest absolute Gasteiger partial charge is 0.270 e. The molecule has 0 saturated heterocycles. The van der Waals surface area contributed by atoms with Gasteiger partial charge in [-0.1, -0.05) is 48.2 Å². The van der Waals surface area contributed by atoms with E-state index in [0.717, 1.165) is 11.1 Å². The van der Waals surface area contributed by atoms with Crippen LogP contribution in [0.25, 0.3) is 22.4 Å². The predicted octanol–water partition coefficient (Wildman–Crippen LogP) is 3.40. The van der Waals surface area contributed by atoms with Crippen LogP contribution in [0.1, 0.15) is 5.56 Å². The van der Waals surface area contributed by atoms with Crippen LogP contribution in [0.2, 0.25) is 0 Å². The van der Waals surface area contributed by atoms with Crippen LogP contribution in [0.3, 0.4) is 0 Å². The van der Waals surface area contributed by atoms with E-state index in [2.05, 4.69) is 9.97 Å². The minimum atomic E-state index is -0.452. The molecule has 1 aromatic heterocycles. The van der Waals surface area contributed by atoms with Crippen molar-refractivity contribution in [3.63, 3.8) is 0 Å². The van der Waals surface area contributed by atoms with Gasteiger partial charge in [0.15, 0.2) is 5.16 Å². The second kappa shape index (κ2) is 6.60. The first-order valence-electron chi connectivity index (χ1n) is 7.11. The van der Waals surface area contributed by atoms with Gasteiger partial charge in [-0.2, -0.15) is 5.26 Å². The molecular formula is C18H13N3O2S. The summed E-state index contributed by atoms with van der Waals surface area (Å²) in [5.74, 6) is 0.174. The van der Waals surface area contributed by atoms with Crippen molar-refractivity contribution in [3.05, 3.63) is 64.4 Å². The quantitative estimate of drug-likeness (QED) is 0.565. The second-order valence-corrected chi connectivity index (χ2v) is 5.80. The molecule has 2 aromatic carbocycles. The second-order valence-electron chi connectivity index (χ2n) is 5.00. The number of aromatic amines is 1. The van der Waals surface area contributed by atoms with Crippen molar-refractivity contribution in [1.29, 1.82) is 5.26 Å². The Bertz CT molecular complexity index is 988. The van der Waals surface area contributed by atoms with E-state index in [1.165, 1.54) is 11.8 Å². The lowest BCUT2D eigenvalue weighted by molar-refractivity contribution is 0.475. The number of H-pyrrole nitrogens is 1. The van der Waals surface area contributed by atoms with E-state index < -0.39 is 5.56 Å². The molecule has 118 valence electrons. The van der Waals surface area contributed by atoms with E-state index in [0.29, 0.717) is 16.4 Å². The Morgan fingerprint density at radius 1 is 1.12 bits per heavy atom. The van der Waals surface area contributed by atoms with Crippen molar-refractivity contribution < 1.29 is 5.11 Å². The van der Waals surface area contributed by atoms with Gasteiger partial charge < -0.3 is 10.1 Å². The predicted molar refractivity (Wildman–Crippen MR) is 93.9 cm³/mol. The summed E-state index contributed by atoms with van der Waals surface area (Å²) in [5.41, 5.74) is 2.28. The number of hydrogen-bond acceptors (Lipinski definition) is 5. The van der Waals surface area contributed by atoms with Gasteiger partial charge in [0, 0.05) is 5.56 Å². The monoisotopic (exact) mass is 335 g/mol. The molecule has 0 fully saturated rings. The lowest BCUT2D eigenvalue weighted by Gasteiger charge is -2.11. The number of nitrogens with one attached hydrogen (secondary N) is 1. The first kappa shape index (κ1) is 15.8. The highest BCUT2D eigenvalue weighted by molar-refractivity contribution is 7.98. The molecule has 3 rings (SSSR count). The summed E-state index contributed by atoms with van der Waals surface area (Å²) in [5, 5.41) is 19.3. The molecule has 0 amide bonds. The van der Waals surface area contributed by atoms with Gasteiger partial charge >= 0.3 is 0 Å². The molecule has 6 heteroatoms. The van der Waals surface area contributed by atoms with Gasteiger partial charge in [0.1, 0.15) is 17.4 Å². The zero-order valence-electron chi connectivity index (χ0n) is 12.8. The van der Waals surface area contributed by atoms with Crippen molar-refractivity contribution in [2.24, 2.45) is 0 Å². The number of thioether (sulfide) groups is 1. The minimum Gasteiger partial charge on any atom is -0.508 e. The summed E-state index contributed by atoms with van der Waals surface area (Å²) in [6, 6.07) is 16.1. The van der Waals surface area contributed by atoms with Crippen molar-refractivity contribution in [2.45, 2.75) is 5.16 Å². The van der Waals surface area contributed by atoms with Gasteiger partial charge in [-0.05, 0) is 29.5 Å². The normalized spacial score (nSPS) is 10.3. The zero-order chi connectivity index (χ0) is 17.1. The Kier molecular flexibility index (Phi) is 4.36. The molecular weight excluding hydrogens is 322 g/mol. The highest BCUT2D eigenvalue weighted by Crippen LogP contribution is 2.33. The van der Waals surface area contributed by atoms with E-state index in [9.17, 15) is 15.2 Å². The Hall–Kier alpha value is -3.04. The van der Waals surface area contributed by atoms with Crippen LogP contribution in [-0.4, -0.2) is 21.3 Å². The van der Waals surface area contributed by atoms with Crippen LogP contribution in [0.4, 0.5) is 0 Å². The van der Waals surface area contributed by atoms with E-state index >= 15 is 0 Å². The molecule has 5 nitrogen and oxygen atoms in total. The molecule has 0 aliphatic rings. The summed E-state index contributed by atoms with van der Waals surface area (Å²) in [7, 11) is 0. The fourth-order valence-corrected chi connectivity index (χ4v) is 2.81. The SMILES string of the molecule is CSc1nc(-c2ccccc2-c2ccc(O)cc2)c(C#N)c(=O)[nH]1. The lowest BCUT2D eigenvalue weighted by atomic mass is 9.96. The summed E-state index contributed by atoms with van der Waals surface area (Å²) in [6.07, 6.45) is 1.81. The van der Waals surface area contributed by atoms with Crippen LogP contribution in [0, 0.1) is 11.3 Å². The molecule has 24 heavy (non-hydrogen) atoms. The Morgan fingerprint density at radius 3 is 2.42 bits per heavy atom. The van der Waals surface area contributed by atoms with E-state index in [1.54, 1.807) is 30.5 Å². The third-order valence-corrected chi connectivity index (χ3v) is 4.14. The zero-order valence-corrected chi connectivity index (χ0v) is 13.6. The van der Waals surface area contributed by atoms with Crippen LogP contribution >= 0.6 is 11.8 Å². The van der Waals surface area contributed by atoms with Gasteiger partial charge in [-0.15, -0.1) is 0 Å². The fraction of sp³-hybridized carbons (Fsp3) is 0.0556. The number of rotatable bonds is 3. The standard InChI is InChI=1S/C18H13N3O2S/c1-24-18-20-16(15(10-19)17(23)21-18)14-5-3-2-4-13(14)11-6-8-12(22)9-7-11/h2-9,22H,1H3,(H,20,21,23). The maximum absolute atomic E-state index is 12.2. The van der Waals surface area contributed by atoms with Crippen LogP contribution < -0.4 is 5.56 Å². The maximum atomic E-state index is 12.2. The molecule has 2 N–H and O–H groups in total. The molecule has 1 heterocycles. The average molecular weight is 335 g/mol. The minimum absolute atomic E-state index is 0.0148. The molecule has 0 spiro atoms. The number of hydrogen-bond donors (Lipinski definition) is 2. The van der Waals surface area contributed by atoms with E-state index in [1.807, 2.05) is 30.3 Å².